The van der Waals surface area contributed by atoms with Gasteiger partial charge >= 0.3 is 11.0 Å². The predicted molar refractivity (Wildman–Crippen MR) is 107 cm³/mol. The molecule has 0 aliphatic carbocycles. The molecule has 0 atom stereocenters. The van der Waals surface area contributed by atoms with Crippen LogP contribution in [0.25, 0.3) is 6.08 Å². The highest BCUT2D eigenvalue weighted by atomic mass is 32.1. The Morgan fingerprint density at radius 2 is 1.86 bits per heavy atom. The van der Waals surface area contributed by atoms with Gasteiger partial charge in [-0.15, -0.1) is 0 Å². The van der Waals surface area contributed by atoms with Gasteiger partial charge < -0.3 is 9.88 Å². The lowest BCUT2D eigenvalue weighted by atomic mass is 10.1. The highest BCUT2D eigenvalue weighted by Crippen LogP contribution is 2.29. The minimum Gasteiger partial charge on any atom is -0.347 e. The van der Waals surface area contributed by atoms with Crippen LogP contribution in [-0.4, -0.2) is 10.5 Å². The summed E-state index contributed by atoms with van der Waals surface area (Å²) in [5.74, 6) is -0.509. The van der Waals surface area contributed by atoms with Gasteiger partial charge in [0.15, 0.2) is 0 Å². The molecular weight excluding hydrogens is 401 g/mol. The molecule has 4 nitrogen and oxygen atoms in total. The molecule has 0 fully saturated rings. The van der Waals surface area contributed by atoms with Gasteiger partial charge in [0.2, 0.25) is 0 Å². The second-order valence-corrected chi connectivity index (χ2v) is 7.31. The van der Waals surface area contributed by atoms with Crippen molar-refractivity contribution in [3.8, 4) is 0 Å². The van der Waals surface area contributed by atoms with Gasteiger partial charge in [0, 0.05) is 12.7 Å². The molecule has 0 saturated carbocycles. The Labute approximate surface area is 168 Å². The summed E-state index contributed by atoms with van der Waals surface area (Å²) in [5, 5.41) is 2.55. The van der Waals surface area contributed by atoms with Crippen LogP contribution >= 0.6 is 11.3 Å². The molecule has 0 unspecified atom stereocenters. The molecule has 0 aliphatic heterocycles. The SMILES string of the molecule is C=Cc1ccc(Cn2cc(C(=O)NCc3cccc(C(F)(F)F)c3)sc2=O)cc1. The van der Waals surface area contributed by atoms with E-state index in [1.807, 2.05) is 24.3 Å². The Bertz CT molecular complexity index is 1080. The summed E-state index contributed by atoms with van der Waals surface area (Å²) in [6.07, 6.45) is -1.27. The summed E-state index contributed by atoms with van der Waals surface area (Å²) in [4.78, 5) is 24.4. The average molecular weight is 418 g/mol. The maximum Gasteiger partial charge on any atom is 0.416 e. The average Bonchev–Trinajstić information content (AvgIpc) is 3.07. The summed E-state index contributed by atoms with van der Waals surface area (Å²) in [6, 6.07) is 12.2. The molecule has 0 saturated heterocycles. The lowest BCUT2D eigenvalue weighted by molar-refractivity contribution is -0.137. The van der Waals surface area contributed by atoms with E-state index in [1.54, 1.807) is 6.08 Å². The fourth-order valence-electron chi connectivity index (χ4n) is 2.67. The fourth-order valence-corrected chi connectivity index (χ4v) is 3.44. The molecule has 0 spiro atoms. The Balaban J connectivity index is 1.67. The number of hydrogen-bond donors (Lipinski definition) is 1. The Kier molecular flexibility index (Phi) is 6.03. The van der Waals surface area contributed by atoms with Crippen LogP contribution in [0.15, 0.2) is 66.1 Å². The van der Waals surface area contributed by atoms with Gasteiger partial charge in [-0.2, -0.15) is 13.2 Å². The van der Waals surface area contributed by atoms with Crippen molar-refractivity contribution in [1.82, 2.24) is 9.88 Å². The van der Waals surface area contributed by atoms with Gasteiger partial charge in [0.05, 0.1) is 12.1 Å². The predicted octanol–water partition coefficient (Wildman–Crippen LogP) is 4.55. The molecule has 1 N–H and O–H groups in total. The maximum atomic E-state index is 12.8. The zero-order chi connectivity index (χ0) is 21.0. The number of aromatic nitrogens is 1. The minimum atomic E-state index is -4.44. The molecule has 1 aromatic heterocycles. The number of thiazole rings is 1. The van der Waals surface area contributed by atoms with Crippen LogP contribution in [0.2, 0.25) is 0 Å². The van der Waals surface area contributed by atoms with Gasteiger partial charge in [-0.05, 0) is 28.8 Å². The number of benzene rings is 2. The van der Waals surface area contributed by atoms with Crippen LogP contribution in [-0.2, 0) is 19.3 Å². The third kappa shape index (κ3) is 5.23. The van der Waals surface area contributed by atoms with Crippen molar-refractivity contribution >= 4 is 23.3 Å². The molecule has 8 heteroatoms. The van der Waals surface area contributed by atoms with Crippen LogP contribution < -0.4 is 10.2 Å². The van der Waals surface area contributed by atoms with Gasteiger partial charge in [-0.3, -0.25) is 9.59 Å². The highest BCUT2D eigenvalue weighted by molar-refractivity contribution is 7.11. The molecule has 29 heavy (non-hydrogen) atoms. The zero-order valence-electron chi connectivity index (χ0n) is 15.2. The third-order valence-corrected chi connectivity index (χ3v) is 5.12. The molecular formula is C21H17F3N2O2S. The second kappa shape index (κ2) is 8.48. The quantitative estimate of drug-likeness (QED) is 0.639. The number of carbonyl (C=O) groups excluding carboxylic acids is 1. The first-order valence-corrected chi connectivity index (χ1v) is 9.44. The van der Waals surface area contributed by atoms with E-state index in [1.165, 1.54) is 22.9 Å². The monoisotopic (exact) mass is 418 g/mol. The third-order valence-electron chi connectivity index (χ3n) is 4.20. The van der Waals surface area contributed by atoms with Crippen molar-refractivity contribution in [3.63, 3.8) is 0 Å². The molecule has 0 aliphatic rings. The molecule has 3 rings (SSSR count). The maximum absolute atomic E-state index is 12.8. The number of nitrogens with one attached hydrogen (secondary N) is 1. The number of rotatable bonds is 6. The van der Waals surface area contributed by atoms with E-state index in [4.69, 9.17) is 0 Å². The van der Waals surface area contributed by atoms with E-state index in [-0.39, 0.29) is 16.3 Å². The topological polar surface area (TPSA) is 51.1 Å². The Hall–Kier alpha value is -3.13. The highest BCUT2D eigenvalue weighted by Gasteiger charge is 2.30. The number of halogens is 3. The number of alkyl halides is 3. The molecule has 1 heterocycles. The number of amides is 1. The summed E-state index contributed by atoms with van der Waals surface area (Å²) in [6.45, 7) is 3.93. The normalized spacial score (nSPS) is 11.3. The Morgan fingerprint density at radius 1 is 1.14 bits per heavy atom. The van der Waals surface area contributed by atoms with Crippen LogP contribution in [0.4, 0.5) is 13.2 Å². The smallest absolute Gasteiger partial charge is 0.347 e. The zero-order valence-corrected chi connectivity index (χ0v) is 16.0. The summed E-state index contributed by atoms with van der Waals surface area (Å²) in [5.41, 5.74) is 1.40. The first kappa shape index (κ1) is 20.6. The first-order valence-electron chi connectivity index (χ1n) is 8.62. The molecule has 1 amide bonds. The fraction of sp³-hybridized carbons (Fsp3) is 0.143. The van der Waals surface area contributed by atoms with Gasteiger partial charge in [-0.25, -0.2) is 0 Å². The van der Waals surface area contributed by atoms with E-state index in [2.05, 4.69) is 11.9 Å². The summed E-state index contributed by atoms with van der Waals surface area (Å²) in [7, 11) is 0. The van der Waals surface area contributed by atoms with Crippen LogP contribution in [0, 0.1) is 0 Å². The van der Waals surface area contributed by atoms with Crippen molar-refractivity contribution in [2.45, 2.75) is 19.3 Å². The molecule has 0 radical (unpaired) electrons. The van der Waals surface area contributed by atoms with Crippen molar-refractivity contribution in [2.24, 2.45) is 0 Å². The van der Waals surface area contributed by atoms with Gasteiger partial charge in [-0.1, -0.05) is 60.4 Å². The van der Waals surface area contributed by atoms with Crippen molar-refractivity contribution < 1.29 is 18.0 Å². The summed E-state index contributed by atoms with van der Waals surface area (Å²) < 4.78 is 39.7. The minimum absolute atomic E-state index is 0.0716. The van der Waals surface area contributed by atoms with E-state index in [9.17, 15) is 22.8 Å². The molecule has 150 valence electrons. The number of hydrogen-bond acceptors (Lipinski definition) is 3. The van der Waals surface area contributed by atoms with E-state index >= 15 is 0 Å². The van der Waals surface area contributed by atoms with Crippen LogP contribution in [0.1, 0.15) is 31.9 Å². The van der Waals surface area contributed by atoms with Crippen molar-refractivity contribution in [1.29, 1.82) is 0 Å². The van der Waals surface area contributed by atoms with Gasteiger partial charge in [0.25, 0.3) is 5.91 Å². The lowest BCUT2D eigenvalue weighted by Crippen LogP contribution is -2.22. The lowest BCUT2D eigenvalue weighted by Gasteiger charge is -2.09. The van der Waals surface area contributed by atoms with Crippen LogP contribution in [0.3, 0.4) is 0 Å². The standard InChI is InChI=1S/C21H17F3N2O2S/c1-2-14-6-8-15(9-7-14)12-26-13-18(29-20(26)28)19(27)25-11-16-4-3-5-17(10-16)21(22,23)24/h2-10,13H,1,11-12H2,(H,25,27). The summed E-state index contributed by atoms with van der Waals surface area (Å²) >= 11 is 0.791. The Morgan fingerprint density at radius 3 is 2.52 bits per heavy atom. The molecule has 2 aromatic carbocycles. The van der Waals surface area contributed by atoms with Crippen molar-refractivity contribution in [3.05, 3.63) is 98.1 Å². The molecule has 0 bridgehead atoms. The second-order valence-electron chi connectivity index (χ2n) is 6.32. The number of carbonyl (C=O) groups is 1. The van der Waals surface area contributed by atoms with Crippen LogP contribution in [0.5, 0.6) is 0 Å². The molecule has 3 aromatic rings. The van der Waals surface area contributed by atoms with E-state index in [0.29, 0.717) is 12.1 Å². The van der Waals surface area contributed by atoms with Crippen molar-refractivity contribution in [2.75, 3.05) is 0 Å². The van der Waals surface area contributed by atoms with E-state index in [0.717, 1.165) is 34.6 Å². The van der Waals surface area contributed by atoms with Gasteiger partial charge in [0.1, 0.15) is 4.88 Å². The number of nitrogens with zero attached hydrogens (tertiary/aromatic N) is 1. The van der Waals surface area contributed by atoms with E-state index < -0.39 is 17.6 Å². The first-order chi connectivity index (χ1) is 13.8. The largest absolute Gasteiger partial charge is 0.416 e.